The van der Waals surface area contributed by atoms with E-state index in [2.05, 4.69) is 19.6 Å². The molecule has 1 N–H and O–H groups in total. The van der Waals surface area contributed by atoms with Crippen LogP contribution < -0.4 is 9.64 Å². The van der Waals surface area contributed by atoms with Gasteiger partial charge in [-0.3, -0.25) is 14.5 Å². The third-order valence-electron chi connectivity index (χ3n) is 6.10. The molecule has 2 heterocycles. The van der Waals surface area contributed by atoms with E-state index in [1.54, 1.807) is 4.90 Å². The van der Waals surface area contributed by atoms with Crippen molar-refractivity contribution in [3.63, 3.8) is 0 Å². The summed E-state index contributed by atoms with van der Waals surface area (Å²) < 4.78 is 11.1. The zero-order valence-electron chi connectivity index (χ0n) is 19.1. The molecule has 0 saturated carbocycles. The van der Waals surface area contributed by atoms with E-state index in [0.29, 0.717) is 30.8 Å². The van der Waals surface area contributed by atoms with Crippen LogP contribution in [0.5, 0.6) is 11.5 Å². The highest BCUT2D eigenvalue weighted by molar-refractivity contribution is 6.76. The molecule has 2 aromatic carbocycles. The molecule has 0 aliphatic carbocycles. The van der Waals surface area contributed by atoms with Gasteiger partial charge in [-0.1, -0.05) is 43.9 Å². The number of fused-ring (bicyclic) bond motifs is 3. The van der Waals surface area contributed by atoms with Gasteiger partial charge < -0.3 is 19.5 Å². The minimum absolute atomic E-state index is 0.0291. The van der Waals surface area contributed by atoms with Crippen molar-refractivity contribution in [1.29, 1.82) is 0 Å². The van der Waals surface area contributed by atoms with Gasteiger partial charge in [0, 0.05) is 33.7 Å². The van der Waals surface area contributed by atoms with Crippen LogP contribution in [-0.2, 0) is 22.5 Å². The molecule has 2 aliphatic rings. The summed E-state index contributed by atoms with van der Waals surface area (Å²) in [5.74, 6) is -0.387. The maximum absolute atomic E-state index is 13.7. The summed E-state index contributed by atoms with van der Waals surface area (Å²) in [4.78, 5) is 30.4. The number of rotatable bonds is 6. The molecule has 1 atom stereocenters. The molecule has 4 rings (SSSR count). The second kappa shape index (κ2) is 8.59. The van der Waals surface area contributed by atoms with Gasteiger partial charge in [0.25, 0.3) is 11.8 Å². The fourth-order valence-electron chi connectivity index (χ4n) is 4.19. The highest BCUT2D eigenvalue weighted by atomic mass is 28.3. The smallest absolute Gasteiger partial charge is 0.257 e. The topological polar surface area (TPSA) is 79.3 Å². The first kappa shape index (κ1) is 22.4. The van der Waals surface area contributed by atoms with Crippen molar-refractivity contribution in [2.75, 3.05) is 25.3 Å². The number of nitrogens with zero attached hydrogens (tertiary/aromatic N) is 2. The molecule has 32 heavy (non-hydrogen) atoms. The van der Waals surface area contributed by atoms with Crippen molar-refractivity contribution in [2.45, 2.75) is 44.7 Å². The van der Waals surface area contributed by atoms with Crippen LogP contribution in [0.15, 0.2) is 36.4 Å². The lowest BCUT2D eigenvalue weighted by Crippen LogP contribution is -2.51. The molecule has 0 bridgehead atoms. The summed E-state index contributed by atoms with van der Waals surface area (Å²) in [5.41, 5.74) is 2.78. The highest BCUT2D eigenvalue weighted by Crippen LogP contribution is 2.39. The molecule has 2 amide bonds. The molecule has 2 aliphatic heterocycles. The van der Waals surface area contributed by atoms with Crippen molar-refractivity contribution in [3.8, 4) is 11.5 Å². The molecular weight excluding hydrogens is 424 g/mol. The summed E-state index contributed by atoms with van der Waals surface area (Å²) >= 11 is 0. The van der Waals surface area contributed by atoms with E-state index in [4.69, 9.17) is 9.47 Å². The van der Waals surface area contributed by atoms with Crippen molar-refractivity contribution in [1.82, 2.24) is 4.90 Å². The average molecular weight is 455 g/mol. The van der Waals surface area contributed by atoms with E-state index in [1.807, 2.05) is 24.3 Å². The Bertz CT molecular complexity index is 1050. The van der Waals surface area contributed by atoms with Gasteiger partial charge in [0.15, 0.2) is 11.5 Å². The van der Waals surface area contributed by atoms with E-state index in [-0.39, 0.29) is 30.0 Å². The van der Waals surface area contributed by atoms with Crippen LogP contribution in [0.3, 0.4) is 0 Å². The maximum atomic E-state index is 13.7. The predicted octanol–water partition coefficient (Wildman–Crippen LogP) is 3.63. The molecule has 2 aromatic rings. The number of anilines is 1. The van der Waals surface area contributed by atoms with Gasteiger partial charge in [0.2, 0.25) is 0 Å². The summed E-state index contributed by atoms with van der Waals surface area (Å²) in [5, 5.41) is 10.4. The normalized spacial score (nSPS) is 18.1. The zero-order chi connectivity index (χ0) is 23.0. The van der Waals surface area contributed by atoms with Crippen LogP contribution in [0.1, 0.15) is 21.5 Å². The van der Waals surface area contributed by atoms with Gasteiger partial charge in [-0.2, -0.15) is 0 Å². The third-order valence-corrected chi connectivity index (χ3v) is 7.80. The Hall–Kier alpha value is -2.84. The second-order valence-corrected chi connectivity index (χ2v) is 15.2. The zero-order valence-corrected chi connectivity index (χ0v) is 20.1. The van der Waals surface area contributed by atoms with Crippen LogP contribution in [0, 0.1) is 0 Å². The lowest BCUT2D eigenvalue weighted by molar-refractivity contribution is -0.124. The molecule has 7 nitrogen and oxygen atoms in total. The molecule has 0 spiro atoms. The molecule has 8 heteroatoms. The quantitative estimate of drug-likeness (QED) is 0.533. The summed E-state index contributed by atoms with van der Waals surface area (Å²) in [6.45, 7) is 7.73. The van der Waals surface area contributed by atoms with Crippen molar-refractivity contribution in [2.24, 2.45) is 0 Å². The predicted molar refractivity (Wildman–Crippen MR) is 125 cm³/mol. The molecule has 1 unspecified atom stereocenters. The largest absolute Gasteiger partial charge is 0.504 e. The van der Waals surface area contributed by atoms with E-state index in [9.17, 15) is 14.7 Å². The van der Waals surface area contributed by atoms with E-state index in [1.165, 1.54) is 24.1 Å². The SMILES string of the molecule is COc1cc2c(cc1O)N(COCC[Si](C)(C)C)C(=O)C1Cc3ccccc3CN1C2=O. The number of hydrogen-bond acceptors (Lipinski definition) is 5. The Morgan fingerprint density at radius 2 is 1.84 bits per heavy atom. The monoisotopic (exact) mass is 454 g/mol. The standard InChI is InChI=1S/C24H30N2O5Si/c1-30-22-12-18-19(13-21(22)27)26(15-31-9-10-32(2,3)4)24(29)20-11-16-7-5-6-8-17(16)14-25(20)23(18)28/h5-8,12-13,20,27H,9-11,14-15H2,1-4H3. The van der Waals surface area contributed by atoms with Crippen molar-refractivity contribution >= 4 is 25.6 Å². The highest BCUT2D eigenvalue weighted by Gasteiger charge is 2.42. The first-order valence-corrected chi connectivity index (χ1v) is 14.6. The van der Waals surface area contributed by atoms with E-state index in [0.717, 1.165) is 17.2 Å². The van der Waals surface area contributed by atoms with Crippen molar-refractivity contribution < 1.29 is 24.2 Å². The van der Waals surface area contributed by atoms with Gasteiger partial charge in [-0.25, -0.2) is 0 Å². The van der Waals surface area contributed by atoms with Gasteiger partial charge in [-0.05, 0) is 23.2 Å². The van der Waals surface area contributed by atoms with Gasteiger partial charge in [-0.15, -0.1) is 0 Å². The van der Waals surface area contributed by atoms with Crippen LogP contribution in [0.4, 0.5) is 5.69 Å². The minimum Gasteiger partial charge on any atom is -0.504 e. The maximum Gasteiger partial charge on any atom is 0.257 e. The van der Waals surface area contributed by atoms with Crippen LogP contribution in [-0.4, -0.2) is 56.4 Å². The molecule has 0 aromatic heterocycles. The molecule has 0 radical (unpaired) electrons. The number of carbonyl (C=O) groups is 2. The third kappa shape index (κ3) is 4.25. The van der Waals surface area contributed by atoms with E-state index < -0.39 is 14.1 Å². The van der Waals surface area contributed by atoms with Crippen molar-refractivity contribution in [3.05, 3.63) is 53.1 Å². The number of amides is 2. The first-order chi connectivity index (χ1) is 15.2. The minimum atomic E-state index is -1.29. The van der Waals surface area contributed by atoms with Crippen LogP contribution in [0.25, 0.3) is 0 Å². The average Bonchev–Trinajstić information content (AvgIpc) is 2.83. The number of aromatic hydroxyl groups is 1. The lowest BCUT2D eigenvalue weighted by atomic mass is 9.93. The van der Waals surface area contributed by atoms with Crippen LogP contribution >= 0.6 is 0 Å². The van der Waals surface area contributed by atoms with Gasteiger partial charge >= 0.3 is 0 Å². The Kier molecular flexibility index (Phi) is 6.00. The van der Waals surface area contributed by atoms with E-state index >= 15 is 0 Å². The number of benzene rings is 2. The number of phenolic OH excluding ortho intramolecular Hbond substituents is 1. The first-order valence-electron chi connectivity index (χ1n) is 10.9. The second-order valence-electron chi connectivity index (χ2n) is 9.58. The molecule has 0 fully saturated rings. The summed E-state index contributed by atoms with van der Waals surface area (Å²) in [6, 6.07) is 11.2. The van der Waals surface area contributed by atoms with Gasteiger partial charge in [0.1, 0.15) is 12.8 Å². The fourth-order valence-corrected chi connectivity index (χ4v) is 4.95. The fraction of sp³-hybridized carbons (Fsp3) is 0.417. The number of hydrogen-bond donors (Lipinski definition) is 1. The Labute approximate surface area is 189 Å². The Morgan fingerprint density at radius 1 is 1.12 bits per heavy atom. The number of methoxy groups -OCH3 is 1. The van der Waals surface area contributed by atoms with Crippen LogP contribution in [0.2, 0.25) is 25.7 Å². The number of phenols is 1. The molecule has 170 valence electrons. The molecular formula is C24H30N2O5Si. The summed E-state index contributed by atoms with van der Waals surface area (Å²) in [6.07, 6.45) is 0.448. The lowest BCUT2D eigenvalue weighted by Gasteiger charge is -2.35. The Morgan fingerprint density at radius 3 is 2.53 bits per heavy atom. The number of carbonyl (C=O) groups excluding carboxylic acids is 2. The molecule has 0 saturated heterocycles. The number of ether oxygens (including phenoxy) is 2. The summed E-state index contributed by atoms with van der Waals surface area (Å²) in [7, 11) is 0.146. The Balaban J connectivity index is 1.73. The van der Waals surface area contributed by atoms with Gasteiger partial charge in [0.05, 0.1) is 18.4 Å².